The highest BCUT2D eigenvalue weighted by Gasteiger charge is 2.38. The minimum absolute atomic E-state index is 0.449. The van der Waals surface area contributed by atoms with E-state index < -0.39 is 0 Å². The Morgan fingerprint density at radius 1 is 0.636 bits per heavy atom. The maximum Gasteiger partial charge on any atom is 0.0270 e. The van der Waals surface area contributed by atoms with Crippen LogP contribution in [0.3, 0.4) is 0 Å². The van der Waals surface area contributed by atoms with Gasteiger partial charge in [0.05, 0.1) is 0 Å². The van der Waals surface area contributed by atoms with Gasteiger partial charge in [0.15, 0.2) is 0 Å². The second-order valence-corrected chi connectivity index (χ2v) is 6.13. The van der Waals surface area contributed by atoms with E-state index in [9.17, 15) is 0 Å². The minimum atomic E-state index is 0.449. The van der Waals surface area contributed by atoms with Crippen molar-refractivity contribution in [2.75, 3.05) is 0 Å². The molecular weight excluding hydrogens is 266 g/mol. The van der Waals surface area contributed by atoms with Crippen molar-refractivity contribution >= 4 is 0 Å². The Balaban J connectivity index is 1.87. The van der Waals surface area contributed by atoms with Gasteiger partial charge in [0, 0.05) is 24.2 Å². The van der Waals surface area contributed by atoms with E-state index in [1.165, 1.54) is 22.3 Å². The Morgan fingerprint density at radius 3 is 1.73 bits per heavy atom. The predicted octanol–water partition coefficient (Wildman–Crippen LogP) is 5.00. The van der Waals surface area contributed by atoms with E-state index in [0.717, 1.165) is 0 Å². The van der Waals surface area contributed by atoms with E-state index in [-0.39, 0.29) is 0 Å². The van der Waals surface area contributed by atoms with Gasteiger partial charge < -0.3 is 0 Å². The molecule has 0 saturated carbocycles. The zero-order chi connectivity index (χ0) is 14.9. The lowest BCUT2D eigenvalue weighted by molar-refractivity contribution is 0.503. The molecule has 22 heavy (non-hydrogen) atoms. The fourth-order valence-corrected chi connectivity index (χ4v) is 4.03. The molecule has 3 unspecified atom stereocenters. The highest BCUT2D eigenvalue weighted by Crippen LogP contribution is 2.51. The molecule has 0 saturated heterocycles. The third-order valence-electron chi connectivity index (χ3n) is 4.94. The number of rotatable bonds is 2. The quantitative estimate of drug-likeness (QED) is 0.646. The molecular formula is C21H19N. The Hall–Kier alpha value is -2.41. The van der Waals surface area contributed by atoms with Crippen LogP contribution in [0.4, 0.5) is 0 Å². The van der Waals surface area contributed by atoms with Gasteiger partial charge in [-0.15, -0.1) is 0 Å². The molecule has 1 nitrogen and oxygen atoms in total. The molecule has 3 atom stereocenters. The Morgan fingerprint density at radius 2 is 1.14 bits per heavy atom. The van der Waals surface area contributed by atoms with Crippen LogP contribution in [0.1, 0.15) is 41.0 Å². The predicted molar refractivity (Wildman–Crippen MR) is 90.0 cm³/mol. The third kappa shape index (κ3) is 2.05. The fraction of sp³-hybridized carbons (Fsp3) is 0.190. The number of fused-ring (bicyclic) bond motifs is 1. The molecule has 3 aromatic rings. The van der Waals surface area contributed by atoms with Crippen LogP contribution < -0.4 is 0 Å². The minimum Gasteiger partial charge on any atom is -0.265 e. The molecule has 1 aliphatic carbocycles. The molecule has 4 rings (SSSR count). The molecule has 0 aliphatic heterocycles. The Labute approximate surface area is 131 Å². The van der Waals surface area contributed by atoms with Crippen LogP contribution in [-0.4, -0.2) is 4.98 Å². The summed E-state index contributed by atoms with van der Waals surface area (Å²) in [5.74, 6) is 1.46. The molecule has 1 aliphatic rings. The summed E-state index contributed by atoms with van der Waals surface area (Å²) in [6, 6.07) is 24.1. The zero-order valence-electron chi connectivity index (χ0n) is 12.7. The van der Waals surface area contributed by atoms with Gasteiger partial charge in [-0.05, 0) is 40.3 Å². The van der Waals surface area contributed by atoms with Crippen LogP contribution in [0.5, 0.6) is 0 Å². The molecule has 0 N–H and O–H groups in total. The summed E-state index contributed by atoms with van der Waals surface area (Å²) >= 11 is 0. The van der Waals surface area contributed by atoms with Gasteiger partial charge in [-0.2, -0.15) is 0 Å². The molecule has 2 aromatic carbocycles. The number of nitrogens with zero attached hydrogens (tertiary/aromatic N) is 1. The number of aromatic nitrogens is 1. The number of hydrogen-bond donors (Lipinski definition) is 0. The van der Waals surface area contributed by atoms with E-state index in [2.05, 4.69) is 78.6 Å². The van der Waals surface area contributed by atoms with Crippen LogP contribution in [0.25, 0.3) is 0 Å². The first-order valence-electron chi connectivity index (χ1n) is 7.90. The third-order valence-corrected chi connectivity index (χ3v) is 4.94. The lowest BCUT2D eigenvalue weighted by Gasteiger charge is -2.22. The van der Waals surface area contributed by atoms with Crippen LogP contribution in [0.15, 0.2) is 79.1 Å². The highest BCUT2D eigenvalue weighted by atomic mass is 14.6. The van der Waals surface area contributed by atoms with Crippen molar-refractivity contribution in [3.05, 3.63) is 101 Å². The fourth-order valence-electron chi connectivity index (χ4n) is 4.03. The van der Waals surface area contributed by atoms with Gasteiger partial charge in [0.25, 0.3) is 0 Å². The molecule has 1 heterocycles. The van der Waals surface area contributed by atoms with Crippen molar-refractivity contribution in [2.45, 2.75) is 18.8 Å². The average molecular weight is 285 g/mol. The van der Waals surface area contributed by atoms with Gasteiger partial charge >= 0.3 is 0 Å². The van der Waals surface area contributed by atoms with E-state index in [1.807, 2.05) is 12.4 Å². The maximum atomic E-state index is 4.17. The number of benzene rings is 2. The first-order chi connectivity index (χ1) is 10.9. The Kier molecular flexibility index (Phi) is 3.27. The lowest BCUT2D eigenvalue weighted by atomic mass is 9.81. The zero-order valence-corrected chi connectivity index (χ0v) is 12.7. The van der Waals surface area contributed by atoms with E-state index in [0.29, 0.717) is 17.8 Å². The summed E-state index contributed by atoms with van der Waals surface area (Å²) in [5, 5.41) is 0. The van der Waals surface area contributed by atoms with Gasteiger partial charge in [-0.3, -0.25) is 4.98 Å². The number of hydrogen-bond acceptors (Lipinski definition) is 1. The Bertz CT molecular complexity index is 698. The summed E-state index contributed by atoms with van der Waals surface area (Å²) in [6.07, 6.45) is 3.81. The van der Waals surface area contributed by atoms with Crippen molar-refractivity contribution in [1.29, 1.82) is 0 Å². The van der Waals surface area contributed by atoms with Crippen LogP contribution in [0, 0.1) is 5.92 Å². The first-order valence-corrected chi connectivity index (χ1v) is 7.90. The standard InChI is InChI=1S/C21H19N/c1-15-20(16-7-3-2-4-8-16)18-9-5-6-10-19(18)21(15)17-11-13-22-14-12-17/h2-15,20-21H,1H3. The molecule has 0 radical (unpaired) electrons. The average Bonchev–Trinajstić information content (AvgIpc) is 2.88. The van der Waals surface area contributed by atoms with Gasteiger partial charge in [-0.1, -0.05) is 61.5 Å². The van der Waals surface area contributed by atoms with Crippen molar-refractivity contribution in [1.82, 2.24) is 4.98 Å². The van der Waals surface area contributed by atoms with Crippen molar-refractivity contribution in [3.8, 4) is 0 Å². The van der Waals surface area contributed by atoms with Crippen LogP contribution in [0.2, 0.25) is 0 Å². The van der Waals surface area contributed by atoms with Crippen molar-refractivity contribution in [2.24, 2.45) is 5.92 Å². The van der Waals surface area contributed by atoms with E-state index >= 15 is 0 Å². The summed E-state index contributed by atoms with van der Waals surface area (Å²) in [6.45, 7) is 2.38. The normalized spacial score (nSPS) is 23.2. The molecule has 1 aromatic heterocycles. The topological polar surface area (TPSA) is 12.9 Å². The van der Waals surface area contributed by atoms with E-state index in [1.54, 1.807) is 0 Å². The maximum absolute atomic E-state index is 4.17. The molecule has 0 bridgehead atoms. The monoisotopic (exact) mass is 285 g/mol. The van der Waals surface area contributed by atoms with Crippen molar-refractivity contribution in [3.63, 3.8) is 0 Å². The molecule has 108 valence electrons. The van der Waals surface area contributed by atoms with Gasteiger partial charge in [0.2, 0.25) is 0 Å². The summed E-state index contributed by atoms with van der Waals surface area (Å²) in [7, 11) is 0. The van der Waals surface area contributed by atoms with Crippen LogP contribution in [-0.2, 0) is 0 Å². The first kappa shape index (κ1) is 13.3. The SMILES string of the molecule is CC1C(c2ccccc2)c2ccccc2C1c1ccncc1. The molecule has 0 fully saturated rings. The molecule has 1 heteroatoms. The largest absolute Gasteiger partial charge is 0.265 e. The van der Waals surface area contributed by atoms with Crippen molar-refractivity contribution < 1.29 is 0 Å². The summed E-state index contributed by atoms with van der Waals surface area (Å²) in [4.78, 5) is 4.17. The second kappa shape index (κ2) is 5.42. The highest BCUT2D eigenvalue weighted by molar-refractivity contribution is 5.50. The van der Waals surface area contributed by atoms with Gasteiger partial charge in [0.1, 0.15) is 0 Å². The smallest absolute Gasteiger partial charge is 0.0270 e. The molecule has 0 amide bonds. The van der Waals surface area contributed by atoms with E-state index in [4.69, 9.17) is 0 Å². The van der Waals surface area contributed by atoms with Crippen LogP contribution >= 0.6 is 0 Å². The number of pyridine rings is 1. The molecule has 0 spiro atoms. The summed E-state index contributed by atoms with van der Waals surface area (Å²) < 4.78 is 0. The summed E-state index contributed by atoms with van der Waals surface area (Å²) in [5.41, 5.74) is 5.73. The lowest BCUT2D eigenvalue weighted by Crippen LogP contribution is -2.11. The second-order valence-electron chi connectivity index (χ2n) is 6.13. The van der Waals surface area contributed by atoms with Gasteiger partial charge in [-0.25, -0.2) is 0 Å².